The molecule has 0 aromatic heterocycles. The Balaban J connectivity index is 0. The monoisotopic (exact) mass is 308 g/mol. The van der Waals surface area contributed by atoms with Crippen LogP contribution in [0.1, 0.15) is 52.4 Å². The van der Waals surface area contributed by atoms with Gasteiger partial charge in [-0.2, -0.15) is 0 Å². The summed E-state index contributed by atoms with van der Waals surface area (Å²) in [6, 6.07) is -1.27. The zero-order valence-electron chi connectivity index (χ0n) is 12.5. The molecule has 0 bridgehead atoms. The number of hydrogen-bond acceptors (Lipinski definition) is 3. The highest BCUT2D eigenvalue weighted by Gasteiger charge is 2.21. The van der Waals surface area contributed by atoms with Crippen molar-refractivity contribution in [1.82, 2.24) is 10.6 Å². The molecular formula is C13H29ClN4O2. The predicted molar refractivity (Wildman–Crippen MR) is 83.8 cm³/mol. The number of urea groups is 1. The molecule has 0 aliphatic heterocycles. The van der Waals surface area contributed by atoms with E-state index in [2.05, 4.69) is 17.6 Å². The fraction of sp³-hybridized carbons (Fsp3) is 0.846. The molecule has 120 valence electrons. The number of nitrogens with two attached hydrogens (primary N) is 2. The van der Waals surface area contributed by atoms with Gasteiger partial charge in [0.1, 0.15) is 6.04 Å². The molecule has 0 aliphatic rings. The number of halogens is 1. The Hall–Kier alpha value is -1.01. The lowest BCUT2D eigenvalue weighted by Gasteiger charge is -2.22. The van der Waals surface area contributed by atoms with Gasteiger partial charge in [-0.15, -0.1) is 12.4 Å². The van der Waals surface area contributed by atoms with Crippen LogP contribution in [-0.4, -0.2) is 30.6 Å². The minimum Gasteiger partial charge on any atom is -0.352 e. The zero-order valence-corrected chi connectivity index (χ0v) is 13.3. The quantitative estimate of drug-likeness (QED) is 0.487. The molecule has 0 rings (SSSR count). The zero-order chi connectivity index (χ0) is 14.7. The van der Waals surface area contributed by atoms with Gasteiger partial charge in [0.15, 0.2) is 0 Å². The Labute approximate surface area is 127 Å². The molecule has 2 unspecified atom stereocenters. The van der Waals surface area contributed by atoms with Crippen molar-refractivity contribution in [2.45, 2.75) is 64.5 Å². The Bertz CT molecular complexity index is 277. The van der Waals surface area contributed by atoms with Gasteiger partial charge in [0.25, 0.3) is 0 Å². The van der Waals surface area contributed by atoms with E-state index in [1.54, 1.807) is 0 Å². The van der Waals surface area contributed by atoms with Gasteiger partial charge in [0.2, 0.25) is 5.91 Å². The number of hydrogen-bond donors (Lipinski definition) is 4. The summed E-state index contributed by atoms with van der Waals surface area (Å²) < 4.78 is 0. The normalized spacial score (nSPS) is 12.9. The number of unbranched alkanes of at least 4 members (excludes halogenated alkanes) is 2. The van der Waals surface area contributed by atoms with E-state index in [4.69, 9.17) is 11.5 Å². The molecule has 0 aliphatic carbocycles. The van der Waals surface area contributed by atoms with E-state index >= 15 is 0 Å². The summed E-state index contributed by atoms with van der Waals surface area (Å²) in [5, 5.41) is 5.37. The smallest absolute Gasteiger partial charge is 0.312 e. The average Bonchev–Trinajstić information content (AvgIpc) is 2.38. The molecule has 7 heteroatoms. The van der Waals surface area contributed by atoms with E-state index < -0.39 is 12.1 Å². The van der Waals surface area contributed by atoms with Gasteiger partial charge < -0.3 is 22.1 Å². The van der Waals surface area contributed by atoms with E-state index in [9.17, 15) is 9.59 Å². The van der Waals surface area contributed by atoms with Crippen molar-refractivity contribution in [3.05, 3.63) is 0 Å². The minimum absolute atomic E-state index is 0. The maximum absolute atomic E-state index is 12.1. The maximum atomic E-state index is 12.1. The molecule has 0 fully saturated rings. The number of rotatable bonds is 10. The predicted octanol–water partition coefficient (Wildman–Crippen LogP) is 1.27. The first-order valence-corrected chi connectivity index (χ1v) is 7.11. The standard InChI is InChI=1S/C13H28N4O2.ClH/c1-3-5-7-10(9-14)16-12(18)11(8-6-4-2)17-13(15)19;/h10-11H,3-9,14H2,1-2H3,(H,16,18)(H3,15,17,19);1H. The van der Waals surface area contributed by atoms with E-state index in [0.717, 1.165) is 32.1 Å². The van der Waals surface area contributed by atoms with Crippen LogP contribution in [-0.2, 0) is 4.79 Å². The highest BCUT2D eigenvalue weighted by atomic mass is 35.5. The van der Waals surface area contributed by atoms with Crippen LogP contribution in [0.4, 0.5) is 4.79 Å². The van der Waals surface area contributed by atoms with Crippen molar-refractivity contribution in [2.24, 2.45) is 11.5 Å². The fourth-order valence-electron chi connectivity index (χ4n) is 1.85. The van der Waals surface area contributed by atoms with Gasteiger partial charge in [-0.3, -0.25) is 4.79 Å². The molecule has 6 N–H and O–H groups in total. The number of carbonyl (C=O) groups is 2. The fourth-order valence-corrected chi connectivity index (χ4v) is 1.85. The second kappa shape index (κ2) is 13.0. The second-order valence-corrected chi connectivity index (χ2v) is 4.79. The van der Waals surface area contributed by atoms with Crippen molar-refractivity contribution in [3.8, 4) is 0 Å². The van der Waals surface area contributed by atoms with Crippen molar-refractivity contribution < 1.29 is 9.59 Å². The van der Waals surface area contributed by atoms with Crippen LogP contribution in [0.15, 0.2) is 0 Å². The van der Waals surface area contributed by atoms with Crippen LogP contribution in [0.3, 0.4) is 0 Å². The van der Waals surface area contributed by atoms with Crippen LogP contribution in [0.2, 0.25) is 0 Å². The molecule has 0 saturated heterocycles. The van der Waals surface area contributed by atoms with E-state index in [1.807, 2.05) is 6.92 Å². The Morgan fingerprint density at radius 3 is 2.05 bits per heavy atom. The summed E-state index contributed by atoms with van der Waals surface area (Å²) in [6.45, 7) is 4.53. The first kappa shape index (κ1) is 21.3. The summed E-state index contributed by atoms with van der Waals surface area (Å²) in [7, 11) is 0. The first-order chi connectivity index (χ1) is 9.04. The van der Waals surface area contributed by atoms with E-state index in [-0.39, 0.29) is 24.4 Å². The van der Waals surface area contributed by atoms with Gasteiger partial charge in [-0.1, -0.05) is 39.5 Å². The molecule has 6 nitrogen and oxygen atoms in total. The van der Waals surface area contributed by atoms with Gasteiger partial charge in [-0.05, 0) is 12.8 Å². The second-order valence-electron chi connectivity index (χ2n) is 4.79. The molecule has 0 heterocycles. The van der Waals surface area contributed by atoms with E-state index in [1.165, 1.54) is 0 Å². The first-order valence-electron chi connectivity index (χ1n) is 7.11. The number of carbonyl (C=O) groups excluding carboxylic acids is 2. The summed E-state index contributed by atoms with van der Waals surface area (Å²) in [4.78, 5) is 23.0. The third-order valence-corrected chi connectivity index (χ3v) is 3.02. The Kier molecular flexibility index (Phi) is 13.8. The van der Waals surface area contributed by atoms with E-state index in [0.29, 0.717) is 13.0 Å². The van der Waals surface area contributed by atoms with Crippen molar-refractivity contribution in [1.29, 1.82) is 0 Å². The van der Waals surface area contributed by atoms with Gasteiger partial charge in [0.05, 0.1) is 0 Å². The summed E-state index contributed by atoms with van der Waals surface area (Å²) in [6.07, 6.45) is 5.35. The van der Waals surface area contributed by atoms with Crippen LogP contribution >= 0.6 is 12.4 Å². The minimum atomic E-state index is -0.672. The van der Waals surface area contributed by atoms with Gasteiger partial charge in [0, 0.05) is 12.6 Å². The van der Waals surface area contributed by atoms with Crippen LogP contribution in [0, 0.1) is 0 Å². The number of primary amides is 1. The molecule has 0 aromatic carbocycles. The molecule has 0 aromatic rings. The molecule has 0 spiro atoms. The van der Waals surface area contributed by atoms with Gasteiger partial charge in [-0.25, -0.2) is 4.79 Å². The lowest BCUT2D eigenvalue weighted by atomic mass is 10.1. The highest BCUT2D eigenvalue weighted by Crippen LogP contribution is 2.04. The Morgan fingerprint density at radius 2 is 1.60 bits per heavy atom. The van der Waals surface area contributed by atoms with Crippen LogP contribution in [0.5, 0.6) is 0 Å². The Morgan fingerprint density at radius 1 is 1.05 bits per heavy atom. The maximum Gasteiger partial charge on any atom is 0.312 e. The summed E-state index contributed by atoms with van der Waals surface area (Å²) in [5.41, 5.74) is 10.7. The van der Waals surface area contributed by atoms with Crippen molar-refractivity contribution >= 4 is 24.3 Å². The molecule has 3 amide bonds. The lowest BCUT2D eigenvalue weighted by Crippen LogP contribution is -2.52. The molecular weight excluding hydrogens is 280 g/mol. The SMILES string of the molecule is CCCCC(CN)NC(=O)C(CCCC)NC(N)=O.Cl. The molecule has 2 atom stereocenters. The highest BCUT2D eigenvalue weighted by molar-refractivity contribution is 5.86. The summed E-state index contributed by atoms with van der Waals surface area (Å²) in [5.74, 6) is -0.196. The summed E-state index contributed by atoms with van der Waals surface area (Å²) >= 11 is 0. The van der Waals surface area contributed by atoms with Crippen molar-refractivity contribution in [3.63, 3.8) is 0 Å². The molecule has 0 saturated carbocycles. The third-order valence-electron chi connectivity index (χ3n) is 3.02. The molecule has 20 heavy (non-hydrogen) atoms. The van der Waals surface area contributed by atoms with Crippen LogP contribution < -0.4 is 22.1 Å². The average molecular weight is 309 g/mol. The third kappa shape index (κ3) is 9.86. The topological polar surface area (TPSA) is 110 Å². The number of amides is 3. The van der Waals surface area contributed by atoms with Crippen molar-refractivity contribution in [2.75, 3.05) is 6.54 Å². The largest absolute Gasteiger partial charge is 0.352 e. The molecule has 0 radical (unpaired) electrons. The van der Waals surface area contributed by atoms with Gasteiger partial charge >= 0.3 is 6.03 Å². The lowest BCUT2D eigenvalue weighted by molar-refractivity contribution is -0.123. The number of nitrogens with one attached hydrogen (secondary N) is 2. The van der Waals surface area contributed by atoms with Crippen LogP contribution in [0.25, 0.3) is 0 Å².